The van der Waals surface area contributed by atoms with Crippen molar-refractivity contribution in [2.45, 2.75) is 13.5 Å². The summed E-state index contributed by atoms with van der Waals surface area (Å²) < 4.78 is 5.36. The van der Waals surface area contributed by atoms with Crippen LogP contribution in [0.1, 0.15) is 22.8 Å². The van der Waals surface area contributed by atoms with Gasteiger partial charge in [0.1, 0.15) is 5.75 Å². The molecule has 4 amide bonds. The van der Waals surface area contributed by atoms with E-state index in [4.69, 9.17) is 4.74 Å². The van der Waals surface area contributed by atoms with Gasteiger partial charge in [-0.2, -0.15) is 0 Å². The summed E-state index contributed by atoms with van der Waals surface area (Å²) in [6, 6.07) is 13.5. The third-order valence-corrected chi connectivity index (χ3v) is 3.89. The van der Waals surface area contributed by atoms with Gasteiger partial charge in [-0.25, -0.2) is 4.79 Å². The summed E-state index contributed by atoms with van der Waals surface area (Å²) in [4.78, 5) is 36.8. The minimum atomic E-state index is -0.404. The average molecular weight is 353 g/mol. The van der Waals surface area contributed by atoms with E-state index in [9.17, 15) is 14.4 Å². The van der Waals surface area contributed by atoms with Crippen LogP contribution >= 0.6 is 0 Å². The second kappa shape index (κ2) is 7.69. The molecule has 0 radical (unpaired) electrons. The van der Waals surface area contributed by atoms with Crippen LogP contribution in [0.15, 0.2) is 48.5 Å². The molecule has 0 aliphatic carbocycles. The summed E-state index contributed by atoms with van der Waals surface area (Å²) in [6.45, 7) is 2.65. The van der Waals surface area contributed by atoms with Gasteiger partial charge in [0.25, 0.3) is 5.91 Å². The Balaban J connectivity index is 1.67. The number of anilines is 1. The molecule has 0 saturated carbocycles. The van der Waals surface area contributed by atoms with Gasteiger partial charge in [0.2, 0.25) is 5.91 Å². The maximum absolute atomic E-state index is 12.4. The van der Waals surface area contributed by atoms with E-state index in [1.807, 2.05) is 6.92 Å². The summed E-state index contributed by atoms with van der Waals surface area (Å²) in [5.41, 5.74) is 1.85. The zero-order valence-corrected chi connectivity index (χ0v) is 14.3. The summed E-state index contributed by atoms with van der Waals surface area (Å²) >= 11 is 0. The SMILES string of the molecule is CCOc1ccc(C(=O)Nc2cccc(CN3C(=O)CNC3=O)c2)cc1. The number of hydrogen-bond acceptors (Lipinski definition) is 4. The Kier molecular flexibility index (Phi) is 5.17. The monoisotopic (exact) mass is 353 g/mol. The number of carbonyl (C=O) groups is 3. The number of urea groups is 1. The van der Waals surface area contributed by atoms with E-state index in [2.05, 4.69) is 10.6 Å². The van der Waals surface area contributed by atoms with Crippen LogP contribution in [0.4, 0.5) is 10.5 Å². The number of carbonyl (C=O) groups excluding carboxylic acids is 3. The summed E-state index contributed by atoms with van der Waals surface area (Å²) in [5, 5.41) is 5.29. The van der Waals surface area contributed by atoms with Gasteiger partial charge in [0, 0.05) is 11.3 Å². The molecule has 0 atom stereocenters. The van der Waals surface area contributed by atoms with Gasteiger partial charge in [-0.1, -0.05) is 12.1 Å². The molecule has 0 spiro atoms. The molecule has 0 aromatic heterocycles. The van der Waals surface area contributed by atoms with Crippen LogP contribution in [-0.2, 0) is 11.3 Å². The lowest BCUT2D eigenvalue weighted by atomic mass is 10.1. The van der Waals surface area contributed by atoms with Gasteiger partial charge >= 0.3 is 6.03 Å². The van der Waals surface area contributed by atoms with Gasteiger partial charge in [-0.05, 0) is 48.9 Å². The zero-order chi connectivity index (χ0) is 18.5. The number of nitrogens with one attached hydrogen (secondary N) is 2. The number of imide groups is 1. The molecule has 2 aromatic carbocycles. The fourth-order valence-electron chi connectivity index (χ4n) is 2.62. The first kappa shape index (κ1) is 17.5. The highest BCUT2D eigenvalue weighted by molar-refractivity contribution is 6.04. The highest BCUT2D eigenvalue weighted by Crippen LogP contribution is 2.17. The number of rotatable bonds is 6. The highest BCUT2D eigenvalue weighted by atomic mass is 16.5. The van der Waals surface area contributed by atoms with Gasteiger partial charge < -0.3 is 15.4 Å². The molecule has 0 bridgehead atoms. The molecule has 1 fully saturated rings. The molecule has 7 heteroatoms. The fraction of sp³-hybridized carbons (Fsp3) is 0.211. The zero-order valence-electron chi connectivity index (χ0n) is 14.3. The maximum atomic E-state index is 12.4. The van der Waals surface area contributed by atoms with Crippen LogP contribution in [0.3, 0.4) is 0 Å². The lowest BCUT2D eigenvalue weighted by molar-refractivity contribution is -0.125. The van der Waals surface area contributed by atoms with E-state index in [1.165, 1.54) is 0 Å². The van der Waals surface area contributed by atoms with Crippen LogP contribution in [0.5, 0.6) is 5.75 Å². The second-order valence-corrected chi connectivity index (χ2v) is 5.75. The lowest BCUT2D eigenvalue weighted by Crippen LogP contribution is -2.30. The Bertz CT molecular complexity index is 817. The Hall–Kier alpha value is -3.35. The first-order valence-corrected chi connectivity index (χ1v) is 8.28. The Morgan fingerprint density at radius 2 is 1.96 bits per heavy atom. The van der Waals surface area contributed by atoms with Crippen LogP contribution < -0.4 is 15.4 Å². The fourth-order valence-corrected chi connectivity index (χ4v) is 2.62. The van der Waals surface area contributed by atoms with Crippen LogP contribution in [-0.4, -0.2) is 35.9 Å². The molecule has 1 aliphatic heterocycles. The van der Waals surface area contributed by atoms with E-state index >= 15 is 0 Å². The van der Waals surface area contributed by atoms with E-state index in [0.29, 0.717) is 23.6 Å². The normalized spacial score (nSPS) is 13.5. The van der Waals surface area contributed by atoms with Crippen molar-refractivity contribution in [3.8, 4) is 5.75 Å². The van der Waals surface area contributed by atoms with Crippen LogP contribution in [0, 0.1) is 0 Å². The van der Waals surface area contributed by atoms with Gasteiger partial charge in [-0.3, -0.25) is 14.5 Å². The first-order chi connectivity index (χ1) is 12.6. The van der Waals surface area contributed by atoms with E-state index in [-0.39, 0.29) is 24.9 Å². The summed E-state index contributed by atoms with van der Waals surface area (Å²) in [5.74, 6) is 0.193. The van der Waals surface area contributed by atoms with E-state index in [1.54, 1.807) is 48.5 Å². The molecule has 2 aromatic rings. The van der Waals surface area contributed by atoms with Crippen LogP contribution in [0.25, 0.3) is 0 Å². The number of hydrogen-bond donors (Lipinski definition) is 2. The molecule has 7 nitrogen and oxygen atoms in total. The molecule has 2 N–H and O–H groups in total. The minimum absolute atomic E-state index is 0.0208. The standard InChI is InChI=1S/C19H19N3O4/c1-2-26-16-8-6-14(7-9-16)18(24)21-15-5-3-4-13(10-15)12-22-17(23)11-20-19(22)25/h3-10H,2,11-12H2,1H3,(H,20,25)(H,21,24). The smallest absolute Gasteiger partial charge is 0.324 e. The van der Waals surface area contributed by atoms with Crippen molar-refractivity contribution in [1.29, 1.82) is 0 Å². The molecular formula is C19H19N3O4. The van der Waals surface area contributed by atoms with Gasteiger partial charge in [0.15, 0.2) is 0 Å². The molecule has 1 saturated heterocycles. The predicted octanol–water partition coefficient (Wildman–Crippen LogP) is 2.39. The third-order valence-electron chi connectivity index (χ3n) is 3.89. The summed E-state index contributed by atoms with van der Waals surface area (Å²) in [6.07, 6.45) is 0. The largest absolute Gasteiger partial charge is 0.494 e. The topological polar surface area (TPSA) is 87.7 Å². The van der Waals surface area contributed by atoms with Crippen molar-refractivity contribution in [2.75, 3.05) is 18.5 Å². The van der Waals surface area contributed by atoms with Crippen molar-refractivity contribution in [2.24, 2.45) is 0 Å². The Labute approximate surface area is 150 Å². The Morgan fingerprint density at radius 3 is 2.62 bits per heavy atom. The summed E-state index contributed by atoms with van der Waals surface area (Å²) in [7, 11) is 0. The molecule has 1 heterocycles. The number of amides is 4. The van der Waals surface area contributed by atoms with Crippen LogP contribution in [0.2, 0.25) is 0 Å². The van der Waals surface area contributed by atoms with Crippen molar-refractivity contribution in [3.63, 3.8) is 0 Å². The van der Waals surface area contributed by atoms with E-state index in [0.717, 1.165) is 10.5 Å². The minimum Gasteiger partial charge on any atom is -0.494 e. The van der Waals surface area contributed by atoms with Crippen molar-refractivity contribution >= 4 is 23.5 Å². The van der Waals surface area contributed by atoms with Crippen molar-refractivity contribution in [3.05, 3.63) is 59.7 Å². The quantitative estimate of drug-likeness (QED) is 0.781. The van der Waals surface area contributed by atoms with Gasteiger partial charge in [0.05, 0.1) is 19.7 Å². The number of ether oxygens (including phenoxy) is 1. The lowest BCUT2D eigenvalue weighted by Gasteiger charge is -2.13. The maximum Gasteiger partial charge on any atom is 0.324 e. The third kappa shape index (κ3) is 4.00. The molecule has 1 aliphatic rings. The number of nitrogens with zero attached hydrogens (tertiary/aromatic N) is 1. The average Bonchev–Trinajstić information content (AvgIpc) is 2.95. The van der Waals surface area contributed by atoms with Gasteiger partial charge in [-0.15, -0.1) is 0 Å². The number of benzene rings is 2. The molecule has 3 rings (SSSR count). The molecule has 0 unspecified atom stereocenters. The molecular weight excluding hydrogens is 334 g/mol. The van der Waals surface area contributed by atoms with Crippen molar-refractivity contribution < 1.29 is 19.1 Å². The highest BCUT2D eigenvalue weighted by Gasteiger charge is 2.28. The van der Waals surface area contributed by atoms with E-state index < -0.39 is 6.03 Å². The first-order valence-electron chi connectivity index (χ1n) is 8.28. The molecule has 26 heavy (non-hydrogen) atoms. The second-order valence-electron chi connectivity index (χ2n) is 5.75. The van der Waals surface area contributed by atoms with Crippen molar-refractivity contribution in [1.82, 2.24) is 10.2 Å². The Morgan fingerprint density at radius 1 is 1.19 bits per heavy atom. The predicted molar refractivity (Wildman–Crippen MR) is 96.0 cm³/mol. The molecule has 134 valence electrons.